The van der Waals surface area contributed by atoms with E-state index in [0.29, 0.717) is 12.6 Å². The summed E-state index contributed by atoms with van der Waals surface area (Å²) in [6, 6.07) is 0.626. The SMILES string of the molecule is CCC1CCCCC1NCCN(C)C(=O)OC(C)(C)C. The van der Waals surface area contributed by atoms with Crippen molar-refractivity contribution in [2.45, 2.75) is 71.4 Å². The van der Waals surface area contributed by atoms with Gasteiger partial charge in [0.2, 0.25) is 0 Å². The molecule has 0 aromatic carbocycles. The molecule has 0 aromatic heterocycles. The number of likely N-dealkylation sites (N-methyl/N-ethyl adjacent to an activating group) is 1. The van der Waals surface area contributed by atoms with Gasteiger partial charge in [-0.2, -0.15) is 0 Å². The molecule has 0 aromatic rings. The zero-order valence-electron chi connectivity index (χ0n) is 13.9. The van der Waals surface area contributed by atoms with E-state index in [1.165, 1.54) is 32.1 Å². The van der Waals surface area contributed by atoms with Gasteiger partial charge in [-0.1, -0.05) is 26.2 Å². The molecule has 1 rings (SSSR count). The molecule has 1 aliphatic carbocycles. The first kappa shape index (κ1) is 17.3. The van der Waals surface area contributed by atoms with Crippen LogP contribution in [0.1, 0.15) is 59.8 Å². The van der Waals surface area contributed by atoms with Gasteiger partial charge in [0.1, 0.15) is 5.60 Å². The minimum atomic E-state index is -0.421. The van der Waals surface area contributed by atoms with Gasteiger partial charge in [0.25, 0.3) is 0 Å². The van der Waals surface area contributed by atoms with Crippen LogP contribution in [0.5, 0.6) is 0 Å². The monoisotopic (exact) mass is 284 g/mol. The Balaban J connectivity index is 2.27. The summed E-state index contributed by atoms with van der Waals surface area (Å²) in [5.74, 6) is 0.801. The highest BCUT2D eigenvalue weighted by molar-refractivity contribution is 5.67. The summed E-state index contributed by atoms with van der Waals surface area (Å²) >= 11 is 0. The number of nitrogens with zero attached hydrogens (tertiary/aromatic N) is 1. The molecule has 118 valence electrons. The van der Waals surface area contributed by atoms with Crippen LogP contribution in [0.2, 0.25) is 0 Å². The molecule has 4 nitrogen and oxygen atoms in total. The zero-order chi connectivity index (χ0) is 15.2. The van der Waals surface area contributed by atoms with Gasteiger partial charge >= 0.3 is 6.09 Å². The molecule has 0 saturated heterocycles. The highest BCUT2D eigenvalue weighted by Crippen LogP contribution is 2.26. The summed E-state index contributed by atoms with van der Waals surface area (Å²) < 4.78 is 5.34. The van der Waals surface area contributed by atoms with Crippen LogP contribution in [0.15, 0.2) is 0 Å². The van der Waals surface area contributed by atoms with Crippen LogP contribution in [0, 0.1) is 5.92 Å². The van der Waals surface area contributed by atoms with Crippen molar-refractivity contribution in [2.24, 2.45) is 5.92 Å². The van der Waals surface area contributed by atoms with Crippen molar-refractivity contribution in [1.82, 2.24) is 10.2 Å². The van der Waals surface area contributed by atoms with Gasteiger partial charge < -0.3 is 15.0 Å². The number of rotatable bonds is 5. The maximum atomic E-state index is 11.8. The van der Waals surface area contributed by atoms with E-state index in [1.54, 1.807) is 11.9 Å². The summed E-state index contributed by atoms with van der Waals surface area (Å²) in [5, 5.41) is 3.62. The van der Waals surface area contributed by atoms with Crippen molar-refractivity contribution < 1.29 is 9.53 Å². The highest BCUT2D eigenvalue weighted by Gasteiger charge is 2.23. The number of carbonyl (C=O) groups excluding carboxylic acids is 1. The lowest BCUT2D eigenvalue weighted by atomic mass is 9.83. The Labute approximate surface area is 124 Å². The fourth-order valence-corrected chi connectivity index (χ4v) is 2.81. The van der Waals surface area contributed by atoms with Crippen LogP contribution in [0.3, 0.4) is 0 Å². The lowest BCUT2D eigenvalue weighted by Crippen LogP contribution is -2.43. The van der Waals surface area contributed by atoms with Crippen molar-refractivity contribution in [3.63, 3.8) is 0 Å². The molecule has 4 heteroatoms. The lowest BCUT2D eigenvalue weighted by Gasteiger charge is -2.32. The summed E-state index contributed by atoms with van der Waals surface area (Å²) in [6.45, 7) is 9.50. The molecule has 2 atom stereocenters. The second-order valence-electron chi connectivity index (χ2n) is 6.92. The van der Waals surface area contributed by atoms with E-state index < -0.39 is 5.60 Å². The van der Waals surface area contributed by atoms with Crippen LogP contribution in [0.4, 0.5) is 4.79 Å². The fraction of sp³-hybridized carbons (Fsp3) is 0.938. The molecule has 0 spiro atoms. The molecule has 1 amide bonds. The first-order chi connectivity index (χ1) is 9.33. The third kappa shape index (κ3) is 6.12. The minimum absolute atomic E-state index is 0.241. The molecule has 2 unspecified atom stereocenters. The van der Waals surface area contributed by atoms with Crippen LogP contribution in [-0.4, -0.2) is 42.8 Å². The molecule has 1 N–H and O–H groups in total. The third-order valence-corrected chi connectivity index (χ3v) is 3.99. The van der Waals surface area contributed by atoms with Crippen LogP contribution >= 0.6 is 0 Å². The largest absolute Gasteiger partial charge is 0.444 e. The van der Waals surface area contributed by atoms with Crippen molar-refractivity contribution in [1.29, 1.82) is 0 Å². The van der Waals surface area contributed by atoms with Crippen molar-refractivity contribution in [3.05, 3.63) is 0 Å². The van der Waals surface area contributed by atoms with Gasteiger partial charge in [-0.25, -0.2) is 4.79 Å². The Kier molecular flexibility index (Phi) is 6.80. The average Bonchev–Trinajstić information content (AvgIpc) is 2.37. The molecule has 0 aliphatic heterocycles. The number of hydrogen-bond acceptors (Lipinski definition) is 3. The van der Waals surface area contributed by atoms with E-state index in [1.807, 2.05) is 20.8 Å². The van der Waals surface area contributed by atoms with E-state index in [-0.39, 0.29) is 6.09 Å². The van der Waals surface area contributed by atoms with Gasteiger partial charge in [-0.3, -0.25) is 0 Å². The second kappa shape index (κ2) is 7.87. The molecule has 0 radical (unpaired) electrons. The van der Waals surface area contributed by atoms with Gasteiger partial charge in [-0.15, -0.1) is 0 Å². The molecule has 1 saturated carbocycles. The van der Waals surface area contributed by atoms with Crippen molar-refractivity contribution in [3.8, 4) is 0 Å². The quantitative estimate of drug-likeness (QED) is 0.841. The fourth-order valence-electron chi connectivity index (χ4n) is 2.81. The van der Waals surface area contributed by atoms with Gasteiger partial charge in [-0.05, 0) is 39.5 Å². The number of carbonyl (C=O) groups is 1. The maximum absolute atomic E-state index is 11.8. The Morgan fingerprint density at radius 3 is 2.55 bits per heavy atom. The Morgan fingerprint density at radius 1 is 1.30 bits per heavy atom. The summed E-state index contributed by atoms with van der Waals surface area (Å²) in [6.07, 6.45) is 6.32. The van der Waals surface area contributed by atoms with Crippen LogP contribution in [0.25, 0.3) is 0 Å². The Morgan fingerprint density at radius 2 is 1.95 bits per heavy atom. The highest BCUT2D eigenvalue weighted by atomic mass is 16.6. The minimum Gasteiger partial charge on any atom is -0.444 e. The van der Waals surface area contributed by atoms with Crippen LogP contribution in [-0.2, 0) is 4.74 Å². The molecule has 1 fully saturated rings. The van der Waals surface area contributed by atoms with E-state index in [9.17, 15) is 4.79 Å². The van der Waals surface area contributed by atoms with Gasteiger partial charge in [0.05, 0.1) is 0 Å². The lowest BCUT2D eigenvalue weighted by molar-refractivity contribution is 0.0298. The van der Waals surface area contributed by atoms with E-state index in [2.05, 4.69) is 12.2 Å². The molecule has 20 heavy (non-hydrogen) atoms. The van der Waals surface area contributed by atoms with E-state index >= 15 is 0 Å². The molecular weight excluding hydrogens is 252 g/mol. The smallest absolute Gasteiger partial charge is 0.410 e. The number of amides is 1. The molecule has 0 heterocycles. The Hall–Kier alpha value is -0.770. The Bertz CT molecular complexity index is 299. The summed E-state index contributed by atoms with van der Waals surface area (Å²) in [4.78, 5) is 13.5. The molecule has 1 aliphatic rings. The second-order valence-corrected chi connectivity index (χ2v) is 6.92. The topological polar surface area (TPSA) is 41.6 Å². The number of nitrogens with one attached hydrogen (secondary N) is 1. The number of hydrogen-bond donors (Lipinski definition) is 1. The first-order valence-electron chi connectivity index (χ1n) is 8.01. The maximum Gasteiger partial charge on any atom is 0.410 e. The first-order valence-corrected chi connectivity index (χ1v) is 8.01. The van der Waals surface area contributed by atoms with Gasteiger partial charge in [0, 0.05) is 26.2 Å². The van der Waals surface area contributed by atoms with Crippen molar-refractivity contribution in [2.75, 3.05) is 20.1 Å². The zero-order valence-corrected chi connectivity index (χ0v) is 13.9. The summed E-state index contributed by atoms with van der Waals surface area (Å²) in [7, 11) is 1.80. The summed E-state index contributed by atoms with van der Waals surface area (Å²) in [5.41, 5.74) is -0.421. The number of ether oxygens (including phenoxy) is 1. The standard InChI is InChI=1S/C16H32N2O2/c1-6-13-9-7-8-10-14(13)17-11-12-18(5)15(19)20-16(2,3)4/h13-14,17H,6-12H2,1-5H3. The molecule has 0 bridgehead atoms. The van der Waals surface area contributed by atoms with Crippen molar-refractivity contribution >= 4 is 6.09 Å². The van der Waals surface area contributed by atoms with E-state index in [4.69, 9.17) is 4.74 Å². The third-order valence-electron chi connectivity index (χ3n) is 3.99. The van der Waals surface area contributed by atoms with Gasteiger partial charge in [0.15, 0.2) is 0 Å². The molecular formula is C16H32N2O2. The normalized spacial score (nSPS) is 23.4. The average molecular weight is 284 g/mol. The predicted molar refractivity (Wildman–Crippen MR) is 82.9 cm³/mol. The predicted octanol–water partition coefficient (Wildman–Crippen LogP) is 3.41. The van der Waals surface area contributed by atoms with E-state index in [0.717, 1.165) is 12.5 Å². The van der Waals surface area contributed by atoms with Crippen LogP contribution < -0.4 is 5.32 Å².